The highest BCUT2D eigenvalue weighted by molar-refractivity contribution is 5.91. The summed E-state index contributed by atoms with van der Waals surface area (Å²) < 4.78 is 0. The number of aliphatic hydroxyl groups excluding tert-OH is 1. The number of para-hydroxylation sites is 1. The molecule has 1 aromatic carbocycles. The highest BCUT2D eigenvalue weighted by atomic mass is 16.3. The van der Waals surface area contributed by atoms with Gasteiger partial charge in [0, 0.05) is 25.4 Å². The maximum absolute atomic E-state index is 12.5. The Balaban J connectivity index is 2.06. The first-order valence-electron chi connectivity index (χ1n) is 7.97. The van der Waals surface area contributed by atoms with Crippen molar-refractivity contribution in [1.29, 1.82) is 0 Å². The number of hydrogen-bond donors (Lipinski definition) is 2. The summed E-state index contributed by atoms with van der Waals surface area (Å²) in [5.41, 5.74) is 3.36. The molecule has 2 N–H and O–H groups in total. The molecular formula is C17H26N2O2. The first-order valence-corrected chi connectivity index (χ1v) is 7.97. The highest BCUT2D eigenvalue weighted by Gasteiger charge is 2.23. The van der Waals surface area contributed by atoms with Crippen LogP contribution in [0.25, 0.3) is 0 Å². The van der Waals surface area contributed by atoms with Gasteiger partial charge in [-0.1, -0.05) is 32.0 Å². The Morgan fingerprint density at radius 2 is 1.81 bits per heavy atom. The summed E-state index contributed by atoms with van der Waals surface area (Å²) in [5, 5.41) is 12.3. The van der Waals surface area contributed by atoms with Crippen molar-refractivity contribution in [1.82, 2.24) is 4.90 Å². The van der Waals surface area contributed by atoms with Gasteiger partial charge in [-0.3, -0.25) is 0 Å². The van der Waals surface area contributed by atoms with E-state index in [1.54, 1.807) is 0 Å². The number of likely N-dealkylation sites (tertiary alicyclic amines) is 1. The van der Waals surface area contributed by atoms with E-state index in [0.717, 1.165) is 44.5 Å². The zero-order valence-electron chi connectivity index (χ0n) is 13.1. The quantitative estimate of drug-likeness (QED) is 0.895. The Hall–Kier alpha value is -1.55. The molecule has 1 heterocycles. The van der Waals surface area contributed by atoms with Crippen LogP contribution in [0.1, 0.15) is 37.8 Å². The third kappa shape index (κ3) is 3.76. The van der Waals surface area contributed by atoms with E-state index in [1.165, 1.54) is 11.1 Å². The molecule has 1 aromatic rings. The van der Waals surface area contributed by atoms with Gasteiger partial charge in [-0.25, -0.2) is 4.79 Å². The molecule has 1 aliphatic rings. The Kier molecular flexibility index (Phi) is 5.62. The van der Waals surface area contributed by atoms with Crippen molar-refractivity contribution in [2.24, 2.45) is 5.92 Å². The van der Waals surface area contributed by atoms with Gasteiger partial charge in [0.05, 0.1) is 0 Å². The number of nitrogens with one attached hydrogen (secondary N) is 1. The Labute approximate surface area is 127 Å². The molecule has 1 fully saturated rings. The van der Waals surface area contributed by atoms with Gasteiger partial charge in [0.25, 0.3) is 0 Å². The standard InChI is InChI=1S/C17H26N2O2/c1-3-14-6-5-7-15(4-2)16(14)18-17(21)19-10-8-13(12-20)9-11-19/h5-7,13,20H,3-4,8-12H2,1-2H3,(H,18,21). The molecule has 0 bridgehead atoms. The summed E-state index contributed by atoms with van der Waals surface area (Å²) in [5.74, 6) is 0.350. The van der Waals surface area contributed by atoms with E-state index in [1.807, 2.05) is 4.90 Å². The van der Waals surface area contributed by atoms with Gasteiger partial charge in [-0.15, -0.1) is 0 Å². The molecule has 0 aromatic heterocycles. The summed E-state index contributed by atoms with van der Waals surface area (Å²) in [6, 6.07) is 6.20. The molecule has 2 rings (SSSR count). The lowest BCUT2D eigenvalue weighted by molar-refractivity contribution is 0.143. The van der Waals surface area contributed by atoms with Crippen molar-refractivity contribution in [2.45, 2.75) is 39.5 Å². The van der Waals surface area contributed by atoms with Crippen LogP contribution in [0.3, 0.4) is 0 Å². The second kappa shape index (κ2) is 7.46. The summed E-state index contributed by atoms with van der Waals surface area (Å²) >= 11 is 0. The van der Waals surface area contributed by atoms with Gasteiger partial charge in [0.2, 0.25) is 0 Å². The molecule has 1 aliphatic heterocycles. The molecule has 21 heavy (non-hydrogen) atoms. The maximum Gasteiger partial charge on any atom is 0.321 e. The Bertz CT molecular complexity index is 457. The molecule has 4 nitrogen and oxygen atoms in total. The highest BCUT2D eigenvalue weighted by Crippen LogP contribution is 2.24. The number of nitrogens with zero attached hydrogens (tertiary/aromatic N) is 1. The zero-order chi connectivity index (χ0) is 15.2. The summed E-state index contributed by atoms with van der Waals surface area (Å²) in [6.45, 7) is 5.90. The normalized spacial score (nSPS) is 16.0. The lowest BCUT2D eigenvalue weighted by Gasteiger charge is -2.31. The van der Waals surface area contributed by atoms with Crippen molar-refractivity contribution in [3.63, 3.8) is 0 Å². The smallest absolute Gasteiger partial charge is 0.321 e. The summed E-state index contributed by atoms with van der Waals surface area (Å²) in [4.78, 5) is 14.3. The molecule has 2 amide bonds. The molecule has 4 heteroatoms. The van der Waals surface area contributed by atoms with Crippen molar-refractivity contribution >= 4 is 11.7 Å². The summed E-state index contributed by atoms with van der Waals surface area (Å²) in [7, 11) is 0. The number of aliphatic hydroxyl groups is 1. The third-order valence-electron chi connectivity index (χ3n) is 4.39. The molecule has 0 spiro atoms. The average Bonchev–Trinajstić information content (AvgIpc) is 2.55. The fraction of sp³-hybridized carbons (Fsp3) is 0.588. The lowest BCUT2D eigenvalue weighted by Crippen LogP contribution is -2.41. The van der Waals surface area contributed by atoms with E-state index in [0.29, 0.717) is 5.92 Å². The fourth-order valence-corrected chi connectivity index (χ4v) is 2.91. The predicted molar refractivity (Wildman–Crippen MR) is 85.6 cm³/mol. The topological polar surface area (TPSA) is 52.6 Å². The number of amides is 2. The molecule has 0 unspecified atom stereocenters. The monoisotopic (exact) mass is 290 g/mol. The van der Waals surface area contributed by atoms with E-state index in [4.69, 9.17) is 5.11 Å². The van der Waals surface area contributed by atoms with Crippen molar-refractivity contribution in [3.8, 4) is 0 Å². The Morgan fingerprint density at radius 1 is 1.24 bits per heavy atom. The number of carbonyl (C=O) groups excluding carboxylic acids is 1. The van der Waals surface area contributed by atoms with Crippen LogP contribution in [-0.4, -0.2) is 35.7 Å². The molecule has 0 radical (unpaired) electrons. The second-order valence-electron chi connectivity index (χ2n) is 5.70. The molecular weight excluding hydrogens is 264 g/mol. The zero-order valence-corrected chi connectivity index (χ0v) is 13.1. The van der Waals surface area contributed by atoms with E-state index in [9.17, 15) is 4.79 Å². The predicted octanol–water partition coefficient (Wildman–Crippen LogP) is 3.05. The van der Waals surface area contributed by atoms with Gasteiger partial charge in [0.15, 0.2) is 0 Å². The van der Waals surface area contributed by atoms with Crippen LogP contribution >= 0.6 is 0 Å². The van der Waals surface area contributed by atoms with Crippen LogP contribution in [0.15, 0.2) is 18.2 Å². The number of aryl methyl sites for hydroxylation is 2. The number of rotatable bonds is 4. The first kappa shape index (κ1) is 15.8. The van der Waals surface area contributed by atoms with Crippen LogP contribution in [0.5, 0.6) is 0 Å². The largest absolute Gasteiger partial charge is 0.396 e. The molecule has 1 saturated heterocycles. The number of anilines is 1. The van der Waals surface area contributed by atoms with Gasteiger partial charge in [-0.2, -0.15) is 0 Å². The maximum atomic E-state index is 12.5. The van der Waals surface area contributed by atoms with E-state index < -0.39 is 0 Å². The molecule has 116 valence electrons. The van der Waals surface area contributed by atoms with Crippen molar-refractivity contribution < 1.29 is 9.90 Å². The van der Waals surface area contributed by atoms with Crippen LogP contribution in [0.2, 0.25) is 0 Å². The number of benzene rings is 1. The minimum Gasteiger partial charge on any atom is -0.396 e. The SMILES string of the molecule is CCc1cccc(CC)c1NC(=O)N1CCC(CO)CC1. The van der Waals surface area contributed by atoms with Gasteiger partial charge >= 0.3 is 6.03 Å². The fourth-order valence-electron chi connectivity index (χ4n) is 2.91. The van der Waals surface area contributed by atoms with Crippen LogP contribution in [0, 0.1) is 5.92 Å². The van der Waals surface area contributed by atoms with E-state index in [2.05, 4.69) is 37.4 Å². The lowest BCUT2D eigenvalue weighted by atomic mass is 9.98. The van der Waals surface area contributed by atoms with Gasteiger partial charge < -0.3 is 15.3 Å². The number of piperidine rings is 1. The first-order chi connectivity index (χ1) is 10.2. The van der Waals surface area contributed by atoms with E-state index >= 15 is 0 Å². The molecule has 0 atom stereocenters. The molecule has 0 saturated carbocycles. The second-order valence-corrected chi connectivity index (χ2v) is 5.70. The minimum atomic E-state index is -0.0120. The minimum absolute atomic E-state index is 0.0120. The third-order valence-corrected chi connectivity index (χ3v) is 4.39. The average molecular weight is 290 g/mol. The van der Waals surface area contributed by atoms with Crippen molar-refractivity contribution in [2.75, 3.05) is 25.0 Å². The van der Waals surface area contributed by atoms with Crippen LogP contribution in [0.4, 0.5) is 10.5 Å². The van der Waals surface area contributed by atoms with Gasteiger partial charge in [-0.05, 0) is 42.7 Å². The van der Waals surface area contributed by atoms with Crippen molar-refractivity contribution in [3.05, 3.63) is 29.3 Å². The number of hydrogen-bond acceptors (Lipinski definition) is 2. The Morgan fingerprint density at radius 3 is 2.29 bits per heavy atom. The van der Waals surface area contributed by atoms with Crippen LogP contribution in [-0.2, 0) is 12.8 Å². The number of urea groups is 1. The number of carbonyl (C=O) groups is 1. The van der Waals surface area contributed by atoms with E-state index in [-0.39, 0.29) is 12.6 Å². The van der Waals surface area contributed by atoms with Crippen LogP contribution < -0.4 is 5.32 Å². The summed E-state index contributed by atoms with van der Waals surface area (Å²) in [6.07, 6.45) is 3.60. The molecule has 0 aliphatic carbocycles. The van der Waals surface area contributed by atoms with Gasteiger partial charge in [0.1, 0.15) is 0 Å².